The summed E-state index contributed by atoms with van der Waals surface area (Å²) in [5.74, 6) is -0.623. The fourth-order valence-corrected chi connectivity index (χ4v) is 1.29. The van der Waals surface area contributed by atoms with Crippen LogP contribution in [-0.2, 0) is 4.79 Å². The summed E-state index contributed by atoms with van der Waals surface area (Å²) >= 11 is 1.00. The van der Waals surface area contributed by atoms with Crippen LogP contribution in [0.15, 0.2) is 0 Å². The van der Waals surface area contributed by atoms with Crippen LogP contribution in [0.4, 0.5) is 4.79 Å². The van der Waals surface area contributed by atoms with Crippen LogP contribution in [0, 0.1) is 0 Å². The first-order valence-corrected chi connectivity index (χ1v) is 3.35. The van der Waals surface area contributed by atoms with Gasteiger partial charge in [0.1, 0.15) is 6.04 Å². The monoisotopic (exact) mass is 183 g/mol. The lowest BCUT2D eigenvalue weighted by Gasteiger charge is -1.98. The van der Waals surface area contributed by atoms with Crippen LogP contribution in [0.1, 0.15) is 0 Å². The van der Waals surface area contributed by atoms with Crippen LogP contribution >= 0.6 is 24.2 Å². The number of halogens is 1. The molecule has 1 unspecified atom stereocenters. The van der Waals surface area contributed by atoms with E-state index in [0.29, 0.717) is 5.75 Å². The summed E-state index contributed by atoms with van der Waals surface area (Å²) in [6.07, 6.45) is 0. The van der Waals surface area contributed by atoms with Gasteiger partial charge < -0.3 is 10.4 Å². The van der Waals surface area contributed by atoms with Gasteiger partial charge in [-0.15, -0.1) is 12.4 Å². The number of rotatable bonds is 1. The third-order valence-corrected chi connectivity index (χ3v) is 1.85. The van der Waals surface area contributed by atoms with Crippen molar-refractivity contribution in [2.24, 2.45) is 0 Å². The lowest BCUT2D eigenvalue weighted by molar-refractivity contribution is -0.138. The number of amides is 1. The van der Waals surface area contributed by atoms with E-state index in [-0.39, 0.29) is 17.6 Å². The van der Waals surface area contributed by atoms with Crippen molar-refractivity contribution in [3.8, 4) is 0 Å². The second-order valence-corrected chi connectivity index (χ2v) is 2.63. The highest BCUT2D eigenvalue weighted by Crippen LogP contribution is 2.12. The Balaban J connectivity index is 0.000000810. The molecule has 1 amide bonds. The minimum absolute atomic E-state index is 0. The Kier molecular flexibility index (Phi) is 3.52. The van der Waals surface area contributed by atoms with Crippen molar-refractivity contribution in [1.29, 1.82) is 0 Å². The van der Waals surface area contributed by atoms with E-state index in [1.54, 1.807) is 0 Å². The van der Waals surface area contributed by atoms with Crippen LogP contribution in [0.3, 0.4) is 0 Å². The molecule has 4 nitrogen and oxygen atoms in total. The van der Waals surface area contributed by atoms with E-state index < -0.39 is 12.0 Å². The standard InChI is InChI=1S/C4H5NO3S.ClH/c6-3(7)2-1-9-4(8)5-2;/h2H,1H2,(H,5,8)(H,6,7);1H. The van der Waals surface area contributed by atoms with Crippen LogP contribution < -0.4 is 5.32 Å². The highest BCUT2D eigenvalue weighted by atomic mass is 35.5. The molecule has 58 valence electrons. The van der Waals surface area contributed by atoms with Gasteiger partial charge in [0.2, 0.25) is 0 Å². The van der Waals surface area contributed by atoms with Gasteiger partial charge >= 0.3 is 5.97 Å². The van der Waals surface area contributed by atoms with Crippen molar-refractivity contribution >= 4 is 35.4 Å². The predicted octanol–water partition coefficient (Wildman–Crippen LogP) is 0.318. The number of hydrogen-bond acceptors (Lipinski definition) is 3. The SMILES string of the molecule is Cl.O=C1NC(C(=O)O)CS1. The van der Waals surface area contributed by atoms with Crippen molar-refractivity contribution < 1.29 is 14.7 Å². The second kappa shape index (κ2) is 3.68. The lowest BCUT2D eigenvalue weighted by Crippen LogP contribution is -2.33. The number of carboxylic acids is 1. The third-order valence-electron chi connectivity index (χ3n) is 0.971. The molecule has 0 aromatic heterocycles. The van der Waals surface area contributed by atoms with Crippen LogP contribution in [0.5, 0.6) is 0 Å². The smallest absolute Gasteiger partial charge is 0.327 e. The van der Waals surface area contributed by atoms with Crippen molar-refractivity contribution in [3.05, 3.63) is 0 Å². The molecular weight excluding hydrogens is 178 g/mol. The average Bonchev–Trinajstić information content (AvgIpc) is 2.14. The first kappa shape index (κ1) is 9.58. The molecule has 6 heteroatoms. The van der Waals surface area contributed by atoms with E-state index in [0.717, 1.165) is 11.8 Å². The molecule has 0 radical (unpaired) electrons. The molecule has 0 aliphatic carbocycles. The fraction of sp³-hybridized carbons (Fsp3) is 0.500. The maximum absolute atomic E-state index is 10.3. The fourth-order valence-electron chi connectivity index (χ4n) is 0.518. The van der Waals surface area contributed by atoms with Gasteiger partial charge in [-0.1, -0.05) is 11.8 Å². The normalized spacial score (nSPS) is 23.2. The summed E-state index contributed by atoms with van der Waals surface area (Å²) in [4.78, 5) is 20.5. The molecule has 0 saturated carbocycles. The summed E-state index contributed by atoms with van der Waals surface area (Å²) in [6.45, 7) is 0. The third kappa shape index (κ3) is 2.07. The molecule has 1 heterocycles. The van der Waals surface area contributed by atoms with Crippen LogP contribution in [0.2, 0.25) is 0 Å². The molecule has 1 atom stereocenters. The van der Waals surface area contributed by atoms with Gasteiger partial charge in [-0.05, 0) is 0 Å². The van der Waals surface area contributed by atoms with E-state index in [2.05, 4.69) is 5.32 Å². The van der Waals surface area contributed by atoms with Crippen molar-refractivity contribution in [3.63, 3.8) is 0 Å². The minimum Gasteiger partial charge on any atom is -0.480 e. The van der Waals surface area contributed by atoms with Gasteiger partial charge in [0.25, 0.3) is 5.24 Å². The Labute approximate surface area is 67.8 Å². The topological polar surface area (TPSA) is 66.4 Å². The summed E-state index contributed by atoms with van der Waals surface area (Å²) in [5, 5.41) is 10.3. The molecule has 1 saturated heterocycles. The zero-order valence-corrected chi connectivity index (χ0v) is 6.50. The van der Waals surface area contributed by atoms with Gasteiger partial charge in [0.05, 0.1) is 0 Å². The summed E-state index contributed by atoms with van der Waals surface area (Å²) in [5.41, 5.74) is 0. The molecule has 1 fully saturated rings. The minimum atomic E-state index is -0.964. The number of hydrogen-bond donors (Lipinski definition) is 2. The Bertz CT molecular complexity index is 163. The Morgan fingerprint density at radius 1 is 1.80 bits per heavy atom. The van der Waals surface area contributed by atoms with E-state index >= 15 is 0 Å². The Morgan fingerprint density at radius 2 is 2.40 bits per heavy atom. The summed E-state index contributed by atoms with van der Waals surface area (Å²) in [7, 11) is 0. The molecule has 0 aromatic rings. The van der Waals surface area contributed by atoms with Crippen molar-refractivity contribution in [1.82, 2.24) is 5.32 Å². The van der Waals surface area contributed by atoms with Crippen LogP contribution in [0.25, 0.3) is 0 Å². The van der Waals surface area contributed by atoms with E-state index in [1.807, 2.05) is 0 Å². The second-order valence-electron chi connectivity index (χ2n) is 1.63. The lowest BCUT2D eigenvalue weighted by atomic mass is 10.4. The maximum atomic E-state index is 10.3. The Hall–Kier alpha value is -0.420. The number of carbonyl (C=O) groups is 2. The first-order chi connectivity index (χ1) is 4.20. The number of thioether (sulfide) groups is 1. The van der Waals surface area contributed by atoms with E-state index in [9.17, 15) is 9.59 Å². The van der Waals surface area contributed by atoms with Crippen LogP contribution in [-0.4, -0.2) is 28.1 Å². The number of carboxylic acid groups (broad SMARTS) is 1. The highest BCUT2D eigenvalue weighted by molar-refractivity contribution is 8.14. The zero-order chi connectivity index (χ0) is 6.85. The molecule has 1 aliphatic rings. The van der Waals surface area contributed by atoms with E-state index in [4.69, 9.17) is 5.11 Å². The average molecular weight is 184 g/mol. The first-order valence-electron chi connectivity index (χ1n) is 2.36. The van der Waals surface area contributed by atoms with Gasteiger partial charge in [-0.25, -0.2) is 4.79 Å². The summed E-state index contributed by atoms with van der Waals surface area (Å²) in [6, 6.07) is -0.678. The molecular formula is C4H6ClNO3S. The van der Waals surface area contributed by atoms with Gasteiger partial charge in [0.15, 0.2) is 0 Å². The quantitative estimate of drug-likeness (QED) is 0.615. The molecule has 2 N–H and O–H groups in total. The Morgan fingerprint density at radius 3 is 2.60 bits per heavy atom. The zero-order valence-electron chi connectivity index (χ0n) is 4.86. The van der Waals surface area contributed by atoms with Gasteiger partial charge in [0, 0.05) is 5.75 Å². The molecule has 1 aliphatic heterocycles. The van der Waals surface area contributed by atoms with Crippen molar-refractivity contribution in [2.45, 2.75) is 6.04 Å². The largest absolute Gasteiger partial charge is 0.480 e. The molecule has 10 heavy (non-hydrogen) atoms. The maximum Gasteiger partial charge on any atom is 0.327 e. The predicted molar refractivity (Wildman–Crippen MR) is 39.7 cm³/mol. The highest BCUT2D eigenvalue weighted by Gasteiger charge is 2.27. The molecule has 1 rings (SSSR count). The van der Waals surface area contributed by atoms with E-state index in [1.165, 1.54) is 0 Å². The summed E-state index contributed by atoms with van der Waals surface area (Å²) < 4.78 is 0. The molecule has 0 aromatic carbocycles. The van der Waals surface area contributed by atoms with Crippen molar-refractivity contribution in [2.75, 3.05) is 5.75 Å². The molecule has 0 spiro atoms. The van der Waals surface area contributed by atoms with Gasteiger partial charge in [-0.3, -0.25) is 4.79 Å². The number of carbonyl (C=O) groups excluding carboxylic acids is 1. The number of aliphatic carboxylic acids is 1. The number of nitrogens with one attached hydrogen (secondary N) is 1. The molecule has 0 bridgehead atoms. The van der Waals surface area contributed by atoms with Gasteiger partial charge in [-0.2, -0.15) is 0 Å².